The van der Waals surface area contributed by atoms with E-state index in [1.807, 2.05) is 0 Å². The van der Waals surface area contributed by atoms with Crippen molar-refractivity contribution in [2.75, 3.05) is 5.32 Å². The van der Waals surface area contributed by atoms with Crippen LogP contribution in [0.3, 0.4) is 0 Å². The van der Waals surface area contributed by atoms with Crippen molar-refractivity contribution < 1.29 is 14.7 Å². The van der Waals surface area contributed by atoms with Gasteiger partial charge in [0.15, 0.2) is 0 Å². The van der Waals surface area contributed by atoms with E-state index in [9.17, 15) is 9.59 Å². The molecule has 0 aliphatic heterocycles. The lowest BCUT2D eigenvalue weighted by Crippen LogP contribution is -2.40. The smallest absolute Gasteiger partial charge is 0.336 e. The lowest BCUT2D eigenvalue weighted by atomic mass is 9.87. The predicted molar refractivity (Wildman–Crippen MR) is 84.7 cm³/mol. The van der Waals surface area contributed by atoms with Crippen LogP contribution < -0.4 is 10.6 Å². The van der Waals surface area contributed by atoms with Gasteiger partial charge >= 0.3 is 12.0 Å². The largest absolute Gasteiger partial charge is 0.478 e. The number of carboxylic acid groups (broad SMARTS) is 1. The first-order chi connectivity index (χ1) is 9.95. The quantitative estimate of drug-likeness (QED) is 0.771. The van der Waals surface area contributed by atoms with E-state index in [1.165, 1.54) is 12.5 Å². The van der Waals surface area contributed by atoms with Crippen molar-refractivity contribution in [1.82, 2.24) is 5.32 Å². The van der Waals surface area contributed by atoms with Crippen LogP contribution >= 0.6 is 15.9 Å². The number of hydrogen-bond acceptors (Lipinski definition) is 2. The number of carboxylic acids is 1. The molecule has 1 aromatic rings. The summed E-state index contributed by atoms with van der Waals surface area (Å²) in [6.07, 6.45) is 4.34. The molecule has 1 aliphatic rings. The van der Waals surface area contributed by atoms with Crippen molar-refractivity contribution in [3.63, 3.8) is 0 Å². The molecule has 5 nitrogen and oxygen atoms in total. The molecule has 2 rings (SSSR count). The fourth-order valence-corrected chi connectivity index (χ4v) is 3.10. The minimum atomic E-state index is -1.04. The normalized spacial score (nSPS) is 21.6. The lowest BCUT2D eigenvalue weighted by Gasteiger charge is -2.27. The second-order valence-corrected chi connectivity index (χ2v) is 6.42. The highest BCUT2D eigenvalue weighted by Crippen LogP contribution is 2.24. The summed E-state index contributed by atoms with van der Waals surface area (Å²) < 4.78 is 0.488. The molecule has 0 spiro atoms. The van der Waals surface area contributed by atoms with Gasteiger partial charge in [0.05, 0.1) is 5.56 Å². The van der Waals surface area contributed by atoms with E-state index in [-0.39, 0.29) is 17.6 Å². The van der Waals surface area contributed by atoms with E-state index in [2.05, 4.69) is 33.5 Å². The first kappa shape index (κ1) is 15.8. The molecule has 6 heteroatoms. The van der Waals surface area contributed by atoms with Crippen molar-refractivity contribution in [1.29, 1.82) is 0 Å². The van der Waals surface area contributed by atoms with Crippen LogP contribution in [0.15, 0.2) is 22.7 Å². The Morgan fingerprint density at radius 3 is 2.76 bits per heavy atom. The molecule has 2 atom stereocenters. The molecule has 0 bridgehead atoms. The number of halogens is 1. The Bertz CT molecular complexity index is 548. The summed E-state index contributed by atoms with van der Waals surface area (Å²) in [6.45, 7) is 2.19. The second-order valence-electron chi connectivity index (χ2n) is 5.57. The fraction of sp³-hybridized carbons (Fsp3) is 0.467. The molecule has 1 fully saturated rings. The van der Waals surface area contributed by atoms with Gasteiger partial charge < -0.3 is 15.7 Å². The summed E-state index contributed by atoms with van der Waals surface area (Å²) in [5.74, 6) is -0.401. The standard InChI is InChI=1S/C15H19BrN2O3/c1-9-3-2-4-10(7-9)17-15(21)18-11-5-6-13(16)12(8-11)14(19)20/h5-6,8-10H,2-4,7H2,1H3,(H,19,20)(H2,17,18,21). The van der Waals surface area contributed by atoms with Crippen molar-refractivity contribution in [3.8, 4) is 0 Å². The van der Waals surface area contributed by atoms with Crippen LogP contribution in [-0.4, -0.2) is 23.1 Å². The Morgan fingerprint density at radius 2 is 2.10 bits per heavy atom. The summed E-state index contributed by atoms with van der Waals surface area (Å²) in [7, 11) is 0. The van der Waals surface area contributed by atoms with Gasteiger partial charge in [-0.2, -0.15) is 0 Å². The van der Waals surface area contributed by atoms with Gasteiger partial charge in [0.2, 0.25) is 0 Å². The number of anilines is 1. The topological polar surface area (TPSA) is 78.4 Å². The minimum absolute atomic E-state index is 0.124. The van der Waals surface area contributed by atoms with Crippen molar-refractivity contribution in [2.45, 2.75) is 38.6 Å². The SMILES string of the molecule is CC1CCCC(NC(=O)Nc2ccc(Br)c(C(=O)O)c2)C1. The summed E-state index contributed by atoms with van der Waals surface area (Å²) in [5.41, 5.74) is 0.594. The Kier molecular flexibility index (Phi) is 5.22. The summed E-state index contributed by atoms with van der Waals surface area (Å²) in [4.78, 5) is 23.0. The highest BCUT2D eigenvalue weighted by Gasteiger charge is 2.20. The summed E-state index contributed by atoms with van der Waals surface area (Å²) >= 11 is 3.17. The zero-order chi connectivity index (χ0) is 15.4. The number of carbonyl (C=O) groups excluding carboxylic acids is 1. The van der Waals surface area contributed by atoms with Gasteiger partial charge in [-0.25, -0.2) is 9.59 Å². The number of aromatic carboxylic acids is 1. The van der Waals surface area contributed by atoms with Crippen molar-refractivity contribution >= 4 is 33.6 Å². The Labute approximate surface area is 132 Å². The molecular weight excluding hydrogens is 336 g/mol. The first-order valence-corrected chi connectivity index (χ1v) is 7.85. The molecule has 1 saturated carbocycles. The average Bonchev–Trinajstić information content (AvgIpc) is 2.40. The number of benzene rings is 1. The van der Waals surface area contributed by atoms with E-state index < -0.39 is 5.97 Å². The van der Waals surface area contributed by atoms with Crippen LogP contribution in [0.4, 0.5) is 10.5 Å². The van der Waals surface area contributed by atoms with Crippen molar-refractivity contribution in [3.05, 3.63) is 28.2 Å². The number of hydrogen-bond donors (Lipinski definition) is 3. The van der Waals surface area contributed by atoms with Crippen LogP contribution in [0, 0.1) is 5.92 Å². The molecule has 3 N–H and O–H groups in total. The zero-order valence-corrected chi connectivity index (χ0v) is 13.4. The van der Waals surface area contributed by atoms with E-state index in [1.54, 1.807) is 12.1 Å². The van der Waals surface area contributed by atoms with E-state index in [4.69, 9.17) is 5.11 Å². The molecule has 1 aromatic carbocycles. The van der Waals surface area contributed by atoms with Crippen LogP contribution in [0.5, 0.6) is 0 Å². The fourth-order valence-electron chi connectivity index (χ4n) is 2.68. The van der Waals surface area contributed by atoms with Gasteiger partial charge in [-0.05, 0) is 52.9 Å². The summed E-state index contributed by atoms with van der Waals surface area (Å²) in [6, 6.07) is 4.63. The Balaban J connectivity index is 1.96. The molecule has 0 radical (unpaired) electrons. The maximum atomic E-state index is 12.0. The molecular formula is C15H19BrN2O3. The number of carbonyl (C=O) groups is 2. The Hall–Kier alpha value is -1.56. The molecule has 0 saturated heterocycles. The highest BCUT2D eigenvalue weighted by molar-refractivity contribution is 9.10. The predicted octanol–water partition coefficient (Wildman–Crippen LogP) is 3.85. The molecule has 0 aromatic heterocycles. The van der Waals surface area contributed by atoms with Crippen LogP contribution in [0.2, 0.25) is 0 Å². The molecule has 2 amide bonds. The molecule has 0 heterocycles. The number of rotatable bonds is 3. The van der Waals surface area contributed by atoms with Crippen LogP contribution in [0.1, 0.15) is 43.0 Å². The highest BCUT2D eigenvalue weighted by atomic mass is 79.9. The van der Waals surface area contributed by atoms with Crippen molar-refractivity contribution in [2.24, 2.45) is 5.92 Å². The zero-order valence-electron chi connectivity index (χ0n) is 11.9. The van der Waals surface area contributed by atoms with Gasteiger partial charge in [0.1, 0.15) is 0 Å². The average molecular weight is 355 g/mol. The third-order valence-electron chi connectivity index (χ3n) is 3.73. The molecule has 1 aliphatic carbocycles. The molecule has 2 unspecified atom stereocenters. The molecule has 114 valence electrons. The second kappa shape index (κ2) is 6.93. The minimum Gasteiger partial charge on any atom is -0.478 e. The van der Waals surface area contributed by atoms with Gasteiger partial charge in [-0.15, -0.1) is 0 Å². The maximum absolute atomic E-state index is 12.0. The van der Waals surface area contributed by atoms with Gasteiger partial charge in [-0.1, -0.05) is 19.8 Å². The first-order valence-electron chi connectivity index (χ1n) is 7.06. The molecule has 21 heavy (non-hydrogen) atoms. The van der Waals surface area contributed by atoms with E-state index >= 15 is 0 Å². The summed E-state index contributed by atoms with van der Waals surface area (Å²) in [5, 5.41) is 14.7. The van der Waals surface area contributed by atoms with E-state index in [0.717, 1.165) is 19.3 Å². The van der Waals surface area contributed by atoms with Gasteiger partial charge in [0.25, 0.3) is 0 Å². The van der Waals surface area contributed by atoms with Crippen LogP contribution in [0.25, 0.3) is 0 Å². The number of urea groups is 1. The van der Waals surface area contributed by atoms with Gasteiger partial charge in [-0.3, -0.25) is 0 Å². The van der Waals surface area contributed by atoms with E-state index in [0.29, 0.717) is 16.1 Å². The monoisotopic (exact) mass is 354 g/mol. The number of amides is 2. The third kappa shape index (κ3) is 4.46. The lowest BCUT2D eigenvalue weighted by molar-refractivity contribution is 0.0696. The maximum Gasteiger partial charge on any atom is 0.336 e. The Morgan fingerprint density at radius 1 is 1.33 bits per heavy atom. The third-order valence-corrected chi connectivity index (χ3v) is 4.42. The van der Waals surface area contributed by atoms with Crippen LogP contribution in [-0.2, 0) is 0 Å². The number of nitrogens with one attached hydrogen (secondary N) is 2. The van der Waals surface area contributed by atoms with Gasteiger partial charge in [0, 0.05) is 16.2 Å².